The van der Waals surface area contributed by atoms with E-state index < -0.39 is 0 Å². The molecule has 0 aromatic heterocycles. The van der Waals surface area contributed by atoms with Crippen LogP contribution in [0.5, 0.6) is 0 Å². The smallest absolute Gasteiger partial charge is 0.0971 e. The summed E-state index contributed by atoms with van der Waals surface area (Å²) in [5, 5.41) is 0. The fourth-order valence-electron chi connectivity index (χ4n) is 2.16. The minimum Gasteiger partial charge on any atom is -0.387 e. The highest BCUT2D eigenvalue weighted by molar-refractivity contribution is 5.85. The van der Waals surface area contributed by atoms with E-state index in [1.165, 1.54) is 38.5 Å². The van der Waals surface area contributed by atoms with Gasteiger partial charge in [-0.05, 0) is 31.6 Å². The lowest BCUT2D eigenvalue weighted by atomic mass is 9.86. The molecule has 0 radical (unpaired) electrons. The van der Waals surface area contributed by atoms with Crippen LogP contribution in [-0.4, -0.2) is 11.9 Å². The number of amidine groups is 1. The Bertz CT molecular complexity index is 206. The third kappa shape index (κ3) is 2.23. The molecular formula is C11H20N2. The molecule has 2 nitrogen and oxygen atoms in total. The fourth-order valence-corrected chi connectivity index (χ4v) is 2.16. The van der Waals surface area contributed by atoms with Gasteiger partial charge in [0.25, 0.3) is 0 Å². The molecular weight excluding hydrogens is 160 g/mol. The predicted molar refractivity (Wildman–Crippen MR) is 55.8 cm³/mol. The first kappa shape index (κ1) is 9.04. The molecule has 0 saturated heterocycles. The molecule has 74 valence electrons. The van der Waals surface area contributed by atoms with Crippen LogP contribution in [0.3, 0.4) is 0 Å². The van der Waals surface area contributed by atoms with Crippen LogP contribution in [-0.2, 0) is 0 Å². The van der Waals surface area contributed by atoms with Gasteiger partial charge in [0.1, 0.15) is 0 Å². The van der Waals surface area contributed by atoms with Crippen molar-refractivity contribution in [3.05, 3.63) is 0 Å². The number of hydrogen-bond acceptors (Lipinski definition) is 1. The molecule has 13 heavy (non-hydrogen) atoms. The first-order chi connectivity index (χ1) is 6.27. The standard InChI is InChI=1S/C11H20N2/c1-8-4-2-3-5-10(8)13-11(12)9-6-7-9/h8-10H,2-7H2,1H3,(H2,12,13). The molecule has 2 atom stereocenters. The maximum absolute atomic E-state index is 5.92. The van der Waals surface area contributed by atoms with Crippen LogP contribution in [0.4, 0.5) is 0 Å². The van der Waals surface area contributed by atoms with Crippen molar-refractivity contribution in [1.82, 2.24) is 0 Å². The van der Waals surface area contributed by atoms with E-state index >= 15 is 0 Å². The molecule has 2 heteroatoms. The van der Waals surface area contributed by atoms with Crippen LogP contribution in [0, 0.1) is 11.8 Å². The van der Waals surface area contributed by atoms with E-state index in [2.05, 4.69) is 11.9 Å². The summed E-state index contributed by atoms with van der Waals surface area (Å²) in [6.45, 7) is 2.31. The highest BCUT2D eigenvalue weighted by Gasteiger charge is 2.28. The largest absolute Gasteiger partial charge is 0.387 e. The Morgan fingerprint density at radius 3 is 2.46 bits per heavy atom. The van der Waals surface area contributed by atoms with Gasteiger partial charge in [-0.2, -0.15) is 0 Å². The van der Waals surface area contributed by atoms with Gasteiger partial charge < -0.3 is 5.73 Å². The number of rotatable bonds is 2. The van der Waals surface area contributed by atoms with Crippen molar-refractivity contribution < 1.29 is 0 Å². The maximum Gasteiger partial charge on any atom is 0.0971 e. The van der Waals surface area contributed by atoms with Crippen molar-refractivity contribution in [3.8, 4) is 0 Å². The molecule has 0 spiro atoms. The molecule has 0 aliphatic heterocycles. The van der Waals surface area contributed by atoms with Crippen LogP contribution >= 0.6 is 0 Å². The van der Waals surface area contributed by atoms with Gasteiger partial charge in [-0.25, -0.2) is 0 Å². The second-order valence-electron chi connectivity index (χ2n) is 4.66. The third-order valence-electron chi connectivity index (χ3n) is 3.38. The second kappa shape index (κ2) is 3.69. The molecule has 0 aromatic carbocycles. The summed E-state index contributed by atoms with van der Waals surface area (Å²) in [4.78, 5) is 4.67. The van der Waals surface area contributed by atoms with Crippen LogP contribution < -0.4 is 5.73 Å². The number of aliphatic imine (C=N–C) groups is 1. The predicted octanol–water partition coefficient (Wildman–Crippen LogP) is 2.33. The number of nitrogens with zero attached hydrogens (tertiary/aromatic N) is 1. The molecule has 2 aliphatic rings. The van der Waals surface area contributed by atoms with Crippen molar-refractivity contribution in [2.75, 3.05) is 0 Å². The van der Waals surface area contributed by atoms with Crippen molar-refractivity contribution in [1.29, 1.82) is 0 Å². The van der Waals surface area contributed by atoms with Crippen molar-refractivity contribution in [3.63, 3.8) is 0 Å². The van der Waals surface area contributed by atoms with Crippen LogP contribution in [0.15, 0.2) is 4.99 Å². The molecule has 2 N–H and O–H groups in total. The quantitative estimate of drug-likeness (QED) is 0.514. The Morgan fingerprint density at radius 2 is 1.85 bits per heavy atom. The van der Waals surface area contributed by atoms with E-state index in [0.29, 0.717) is 12.0 Å². The third-order valence-corrected chi connectivity index (χ3v) is 3.38. The summed E-state index contributed by atoms with van der Waals surface area (Å²) in [5.41, 5.74) is 5.92. The topological polar surface area (TPSA) is 38.4 Å². The number of hydrogen-bond donors (Lipinski definition) is 1. The van der Waals surface area contributed by atoms with Crippen LogP contribution in [0.25, 0.3) is 0 Å². The summed E-state index contributed by atoms with van der Waals surface area (Å²) in [5.74, 6) is 2.35. The van der Waals surface area contributed by atoms with E-state index in [1.54, 1.807) is 0 Å². The van der Waals surface area contributed by atoms with Crippen molar-refractivity contribution in [2.45, 2.75) is 51.5 Å². The van der Waals surface area contributed by atoms with E-state index in [9.17, 15) is 0 Å². The zero-order valence-corrected chi connectivity index (χ0v) is 8.50. The van der Waals surface area contributed by atoms with Gasteiger partial charge in [0.15, 0.2) is 0 Å². The lowest BCUT2D eigenvalue weighted by Crippen LogP contribution is -2.25. The van der Waals surface area contributed by atoms with E-state index in [4.69, 9.17) is 5.73 Å². The molecule has 2 rings (SSSR count). The van der Waals surface area contributed by atoms with E-state index in [0.717, 1.165) is 11.8 Å². The minimum atomic E-state index is 0.536. The van der Waals surface area contributed by atoms with Gasteiger partial charge in [0, 0.05) is 5.92 Å². The zero-order chi connectivity index (χ0) is 9.26. The summed E-state index contributed by atoms with van der Waals surface area (Å²) in [7, 11) is 0. The molecule has 0 amide bonds. The summed E-state index contributed by atoms with van der Waals surface area (Å²) in [6.07, 6.45) is 7.88. The zero-order valence-electron chi connectivity index (χ0n) is 8.50. The van der Waals surface area contributed by atoms with Gasteiger partial charge in [0.05, 0.1) is 11.9 Å². The Kier molecular flexibility index (Phi) is 2.56. The van der Waals surface area contributed by atoms with E-state index in [-0.39, 0.29) is 0 Å². The molecule has 0 heterocycles. The first-order valence-electron chi connectivity index (χ1n) is 5.60. The van der Waals surface area contributed by atoms with Gasteiger partial charge in [-0.3, -0.25) is 4.99 Å². The molecule has 2 aliphatic carbocycles. The summed E-state index contributed by atoms with van der Waals surface area (Å²) in [6, 6.07) is 0.536. The Balaban J connectivity index is 1.93. The Morgan fingerprint density at radius 1 is 1.15 bits per heavy atom. The SMILES string of the molecule is CC1CCCCC1N=C(N)C1CC1. The Labute approximate surface area is 80.6 Å². The van der Waals surface area contributed by atoms with Crippen molar-refractivity contribution >= 4 is 5.84 Å². The average Bonchev–Trinajstić information content (AvgIpc) is 2.91. The monoisotopic (exact) mass is 180 g/mol. The molecule has 0 bridgehead atoms. The van der Waals surface area contributed by atoms with E-state index in [1.807, 2.05) is 0 Å². The maximum atomic E-state index is 5.92. The molecule has 2 fully saturated rings. The fraction of sp³-hybridized carbons (Fsp3) is 0.909. The Hall–Kier alpha value is -0.530. The van der Waals surface area contributed by atoms with Gasteiger partial charge in [-0.15, -0.1) is 0 Å². The highest BCUT2D eigenvalue weighted by Crippen LogP contribution is 2.31. The lowest BCUT2D eigenvalue weighted by Gasteiger charge is -2.25. The normalized spacial score (nSPS) is 36.2. The first-order valence-corrected chi connectivity index (χ1v) is 5.60. The summed E-state index contributed by atoms with van der Waals surface area (Å²) >= 11 is 0. The number of nitrogens with two attached hydrogens (primary N) is 1. The summed E-state index contributed by atoms with van der Waals surface area (Å²) < 4.78 is 0. The van der Waals surface area contributed by atoms with Crippen LogP contribution in [0.2, 0.25) is 0 Å². The van der Waals surface area contributed by atoms with Crippen LogP contribution in [0.1, 0.15) is 45.4 Å². The second-order valence-corrected chi connectivity index (χ2v) is 4.66. The molecule has 2 saturated carbocycles. The highest BCUT2D eigenvalue weighted by atomic mass is 14.9. The molecule has 0 aromatic rings. The van der Waals surface area contributed by atoms with Crippen molar-refractivity contribution in [2.24, 2.45) is 22.6 Å². The van der Waals surface area contributed by atoms with Gasteiger partial charge in [-0.1, -0.05) is 19.8 Å². The molecule has 2 unspecified atom stereocenters. The minimum absolute atomic E-state index is 0.536. The average molecular weight is 180 g/mol. The lowest BCUT2D eigenvalue weighted by molar-refractivity contribution is 0.332. The van der Waals surface area contributed by atoms with Gasteiger partial charge >= 0.3 is 0 Å². The van der Waals surface area contributed by atoms with Gasteiger partial charge in [0.2, 0.25) is 0 Å².